The fourth-order valence-electron chi connectivity index (χ4n) is 11.1. The molecule has 1 amide bonds. The van der Waals surface area contributed by atoms with Crippen molar-refractivity contribution in [3.05, 3.63) is 85.1 Å². The van der Waals surface area contributed by atoms with Gasteiger partial charge >= 0.3 is 5.97 Å². The highest BCUT2D eigenvalue weighted by atomic mass is 16.7. The molecule has 1 fully saturated rings. The molecule has 0 bridgehead atoms. The Labute approximate surface area is 533 Å². The summed E-state index contributed by atoms with van der Waals surface area (Å²) in [5.74, 6) is -1.20. The predicted octanol–water partition coefficient (Wildman–Crippen LogP) is 18.8. The molecule has 0 radical (unpaired) electrons. The lowest BCUT2D eigenvalue weighted by atomic mass is 9.99. The van der Waals surface area contributed by atoms with Crippen LogP contribution in [0.4, 0.5) is 0 Å². The maximum absolute atomic E-state index is 13.5. The van der Waals surface area contributed by atoms with Gasteiger partial charge in [0.1, 0.15) is 24.4 Å². The quantitative estimate of drug-likeness (QED) is 0.0195. The smallest absolute Gasteiger partial charge is 0.306 e. The van der Waals surface area contributed by atoms with Gasteiger partial charge in [-0.15, -0.1) is 0 Å². The Morgan fingerprint density at radius 1 is 0.460 bits per heavy atom. The number of carbonyl (C=O) groups is 2. The molecule has 6 N–H and O–H groups in total. The number of hydrogen-bond donors (Lipinski definition) is 6. The third-order valence-corrected chi connectivity index (χ3v) is 16.8. The first-order valence-corrected chi connectivity index (χ1v) is 36.4. The van der Waals surface area contributed by atoms with Crippen LogP contribution in [0, 0.1) is 0 Å². The van der Waals surface area contributed by atoms with Crippen LogP contribution in [-0.2, 0) is 23.8 Å². The molecule has 11 nitrogen and oxygen atoms in total. The van der Waals surface area contributed by atoms with Crippen molar-refractivity contribution in [1.82, 2.24) is 5.32 Å². The van der Waals surface area contributed by atoms with Gasteiger partial charge in [-0.3, -0.25) is 9.59 Å². The Bertz CT molecular complexity index is 1740. The first-order chi connectivity index (χ1) is 42.7. The molecule has 1 rings (SSSR count). The van der Waals surface area contributed by atoms with Crippen LogP contribution in [0.3, 0.4) is 0 Å². The van der Waals surface area contributed by atoms with E-state index in [1.54, 1.807) is 6.08 Å². The number of aliphatic hydroxyl groups excluding tert-OH is 5. The lowest BCUT2D eigenvalue weighted by Crippen LogP contribution is -2.61. The SMILES string of the molecule is CC/C=C\C/C=C\C/C=C\C/C=C\C/C=C\CCCCCCCCCCC(O)C(=O)NC(COC1OC(CO)C(O)C(O)C1OC(=O)CCCCCCCCCCCCC/C=C/CCCCCCCC)C(O)/C=C/CCCCCCCCCCCCC. The van der Waals surface area contributed by atoms with E-state index in [1.165, 1.54) is 180 Å². The fraction of sp³-hybridized carbons (Fsp3) is 0.789. The Kier molecular flexibility index (Phi) is 59.3. The minimum Gasteiger partial charge on any atom is -0.454 e. The topological polar surface area (TPSA) is 175 Å². The molecule has 0 aliphatic carbocycles. The maximum Gasteiger partial charge on any atom is 0.306 e. The normalized spacial score (nSPS) is 18.7. The second kappa shape index (κ2) is 63.0. The molecule has 0 aromatic heterocycles. The zero-order valence-corrected chi connectivity index (χ0v) is 56.1. The molecule has 1 aliphatic rings. The van der Waals surface area contributed by atoms with E-state index in [4.69, 9.17) is 14.2 Å². The lowest BCUT2D eigenvalue weighted by molar-refractivity contribution is -0.305. The van der Waals surface area contributed by atoms with Gasteiger partial charge < -0.3 is 45.1 Å². The number of aliphatic hydroxyl groups is 5. The van der Waals surface area contributed by atoms with Crippen molar-refractivity contribution < 1.29 is 49.3 Å². The first kappa shape index (κ1) is 81.9. The van der Waals surface area contributed by atoms with Crippen LogP contribution < -0.4 is 5.32 Å². The Morgan fingerprint density at radius 2 is 0.828 bits per heavy atom. The summed E-state index contributed by atoms with van der Waals surface area (Å²) in [4.78, 5) is 26.7. The molecule has 11 heteroatoms. The average Bonchev–Trinajstić information content (AvgIpc) is 1.53. The third-order valence-electron chi connectivity index (χ3n) is 16.8. The van der Waals surface area contributed by atoms with E-state index in [9.17, 15) is 35.1 Å². The lowest BCUT2D eigenvalue weighted by Gasteiger charge is -2.41. The number of allylic oxidation sites excluding steroid dienone is 13. The first-order valence-electron chi connectivity index (χ1n) is 36.4. The van der Waals surface area contributed by atoms with Crippen LogP contribution >= 0.6 is 0 Å². The average molecular weight is 1220 g/mol. The predicted molar refractivity (Wildman–Crippen MR) is 366 cm³/mol. The van der Waals surface area contributed by atoms with Crippen molar-refractivity contribution in [3.63, 3.8) is 0 Å². The molecule has 504 valence electrons. The van der Waals surface area contributed by atoms with Crippen molar-refractivity contribution in [2.75, 3.05) is 13.2 Å². The summed E-state index contributed by atoms with van der Waals surface area (Å²) in [6.45, 7) is 5.71. The Morgan fingerprint density at radius 3 is 1.25 bits per heavy atom. The summed E-state index contributed by atoms with van der Waals surface area (Å²) in [6, 6.07) is -1.03. The summed E-state index contributed by atoms with van der Waals surface area (Å²) < 4.78 is 17.7. The second-order valence-electron chi connectivity index (χ2n) is 24.9. The van der Waals surface area contributed by atoms with Gasteiger partial charge in [0.2, 0.25) is 5.91 Å². The standard InChI is InChI=1S/C76H135NO10/c1-4-7-10-13-16-19-22-25-27-29-31-33-34-35-37-38-40-42-45-48-51-54-57-60-63-69(80)75(84)77-67(68(79)62-59-56-53-50-47-44-24-21-18-15-12-9-6-3)66-85-76-74(73(83)72(82)70(65-78)86-76)87-71(81)64-61-58-55-52-49-46-43-41-39-36-32-30-28-26-23-20-17-14-11-8-5-2/h7,10,16,19,25-28,31,33,35,37,59,62,67-70,72-74,76,78-80,82-83H,4-6,8-9,11-15,17-18,20-24,29-30,32,34,36,38-58,60-61,63-66H2,1-3H3,(H,77,84)/b10-7-,19-16-,27-25-,28-26+,33-31-,37-35-,62-59+. The molecule has 1 heterocycles. The van der Waals surface area contributed by atoms with Crippen molar-refractivity contribution in [1.29, 1.82) is 0 Å². The van der Waals surface area contributed by atoms with E-state index in [2.05, 4.69) is 99.0 Å². The molecule has 87 heavy (non-hydrogen) atoms. The van der Waals surface area contributed by atoms with E-state index < -0.39 is 67.4 Å². The highest BCUT2D eigenvalue weighted by Gasteiger charge is 2.47. The van der Waals surface area contributed by atoms with E-state index in [0.29, 0.717) is 12.8 Å². The summed E-state index contributed by atoms with van der Waals surface area (Å²) in [5.41, 5.74) is 0. The van der Waals surface area contributed by atoms with E-state index in [0.717, 1.165) is 96.3 Å². The number of nitrogens with one attached hydrogen (secondary N) is 1. The Balaban J connectivity index is 2.59. The highest BCUT2D eigenvalue weighted by molar-refractivity contribution is 5.80. The molecular formula is C76H135NO10. The Hall–Kier alpha value is -3.16. The van der Waals surface area contributed by atoms with Crippen LogP contribution in [-0.4, -0.2) is 99.6 Å². The van der Waals surface area contributed by atoms with Gasteiger partial charge in [0.25, 0.3) is 0 Å². The summed E-state index contributed by atoms with van der Waals surface area (Å²) in [5, 5.41) is 57.3. The van der Waals surface area contributed by atoms with E-state index in [-0.39, 0.29) is 19.4 Å². The van der Waals surface area contributed by atoms with Gasteiger partial charge in [-0.05, 0) is 96.3 Å². The molecule has 8 unspecified atom stereocenters. The minimum atomic E-state index is -1.62. The monoisotopic (exact) mass is 1220 g/mol. The molecule has 1 aliphatic heterocycles. The zero-order valence-electron chi connectivity index (χ0n) is 56.1. The van der Waals surface area contributed by atoms with Gasteiger partial charge in [-0.1, -0.05) is 305 Å². The van der Waals surface area contributed by atoms with Crippen molar-refractivity contribution in [2.24, 2.45) is 0 Å². The molecule has 0 spiro atoms. The van der Waals surface area contributed by atoms with Gasteiger partial charge in [0.05, 0.1) is 25.4 Å². The summed E-state index contributed by atoms with van der Waals surface area (Å²) in [7, 11) is 0. The molecule has 1 saturated heterocycles. The second-order valence-corrected chi connectivity index (χ2v) is 24.9. The van der Waals surface area contributed by atoms with Gasteiger partial charge in [-0.25, -0.2) is 0 Å². The number of unbranched alkanes of at least 4 members (excludes halogenated alkanes) is 36. The van der Waals surface area contributed by atoms with Crippen LogP contribution in [0.1, 0.15) is 323 Å². The molecule has 0 aromatic rings. The number of carbonyl (C=O) groups excluding carboxylic acids is 2. The third kappa shape index (κ3) is 50.2. The number of esters is 1. The molecule has 0 saturated carbocycles. The van der Waals surface area contributed by atoms with E-state index in [1.807, 2.05) is 6.08 Å². The minimum absolute atomic E-state index is 0.121. The number of ether oxygens (including phenoxy) is 3. The largest absolute Gasteiger partial charge is 0.454 e. The van der Waals surface area contributed by atoms with Gasteiger partial charge in [0, 0.05) is 6.42 Å². The van der Waals surface area contributed by atoms with Crippen LogP contribution in [0.25, 0.3) is 0 Å². The highest BCUT2D eigenvalue weighted by Crippen LogP contribution is 2.26. The van der Waals surface area contributed by atoms with Crippen molar-refractivity contribution in [3.8, 4) is 0 Å². The molecule has 0 aromatic carbocycles. The van der Waals surface area contributed by atoms with E-state index >= 15 is 0 Å². The zero-order chi connectivity index (χ0) is 63.1. The van der Waals surface area contributed by atoms with Crippen LogP contribution in [0.15, 0.2) is 85.1 Å². The molecular weight excluding hydrogens is 1090 g/mol. The number of amides is 1. The van der Waals surface area contributed by atoms with Crippen LogP contribution in [0.5, 0.6) is 0 Å². The summed E-state index contributed by atoms with van der Waals surface area (Å²) in [6.07, 6.45) is 73.3. The van der Waals surface area contributed by atoms with Crippen molar-refractivity contribution >= 4 is 11.9 Å². The van der Waals surface area contributed by atoms with Gasteiger partial charge in [0.15, 0.2) is 12.4 Å². The number of rotatable bonds is 62. The molecule has 8 atom stereocenters. The van der Waals surface area contributed by atoms with Crippen molar-refractivity contribution in [2.45, 2.75) is 372 Å². The maximum atomic E-state index is 13.5. The number of hydrogen-bond acceptors (Lipinski definition) is 10. The van der Waals surface area contributed by atoms with Gasteiger partial charge in [-0.2, -0.15) is 0 Å². The fourth-order valence-corrected chi connectivity index (χ4v) is 11.1. The van der Waals surface area contributed by atoms with Crippen LogP contribution in [0.2, 0.25) is 0 Å². The summed E-state index contributed by atoms with van der Waals surface area (Å²) >= 11 is 0.